The Kier molecular flexibility index (Phi) is 4.00. The Morgan fingerprint density at radius 1 is 0.824 bits per heavy atom. The van der Waals surface area contributed by atoms with Crippen LogP contribution >= 0.6 is 0 Å². The van der Waals surface area contributed by atoms with Crippen molar-refractivity contribution in [3.63, 3.8) is 0 Å². The number of rotatable bonds is 2. The van der Waals surface area contributed by atoms with Crippen LogP contribution in [0.1, 0.15) is 30.4 Å². The topological polar surface area (TPSA) is 0 Å². The molecule has 2 rings (SSSR count). The maximum absolute atomic E-state index is 3.35. The molecule has 0 heteroatoms. The van der Waals surface area contributed by atoms with E-state index in [2.05, 4.69) is 67.3 Å². The monoisotopic (exact) mass is 220 g/mol. The summed E-state index contributed by atoms with van der Waals surface area (Å²) in [5, 5.41) is 0. The molecular weight excluding hydrogens is 204 g/mol. The molecule has 2 aromatic carbocycles. The van der Waals surface area contributed by atoms with E-state index in [1.165, 1.54) is 11.1 Å². The van der Waals surface area contributed by atoms with Gasteiger partial charge < -0.3 is 0 Å². The van der Waals surface area contributed by atoms with Crippen molar-refractivity contribution in [3.8, 4) is 11.8 Å². The predicted octanol–water partition coefficient (Wildman–Crippen LogP) is 4.23. The summed E-state index contributed by atoms with van der Waals surface area (Å²) in [4.78, 5) is 0. The van der Waals surface area contributed by atoms with Gasteiger partial charge in [-0.05, 0) is 11.1 Å². The van der Waals surface area contributed by atoms with E-state index >= 15 is 0 Å². The van der Waals surface area contributed by atoms with Gasteiger partial charge in [0.2, 0.25) is 0 Å². The molecule has 2 aromatic rings. The normalized spacial score (nSPS) is 9.76. The zero-order valence-corrected chi connectivity index (χ0v) is 10.1. The lowest BCUT2D eigenvalue weighted by Crippen LogP contribution is -1.97. The number of hydrogen-bond donors (Lipinski definition) is 0. The molecule has 0 amide bonds. The fourth-order valence-electron chi connectivity index (χ4n) is 1.85. The molecule has 0 aliphatic carbocycles. The largest absolute Gasteiger partial charge is 0.103 e. The molecule has 0 fully saturated rings. The van der Waals surface area contributed by atoms with Crippen molar-refractivity contribution in [2.75, 3.05) is 0 Å². The van der Waals surface area contributed by atoms with Gasteiger partial charge in [0.05, 0.1) is 5.92 Å². The van der Waals surface area contributed by atoms with Crippen LogP contribution in [0.4, 0.5) is 0 Å². The third-order valence-electron chi connectivity index (χ3n) is 2.69. The lowest BCUT2D eigenvalue weighted by Gasteiger charge is -2.11. The molecule has 0 bridgehead atoms. The lowest BCUT2D eigenvalue weighted by atomic mass is 9.92. The maximum atomic E-state index is 3.35. The molecule has 0 aliphatic heterocycles. The van der Waals surface area contributed by atoms with E-state index in [9.17, 15) is 0 Å². The van der Waals surface area contributed by atoms with Crippen molar-refractivity contribution in [1.82, 2.24) is 0 Å². The molecule has 0 atom stereocenters. The van der Waals surface area contributed by atoms with Crippen LogP contribution in [0.3, 0.4) is 0 Å². The van der Waals surface area contributed by atoms with Crippen molar-refractivity contribution in [2.45, 2.75) is 19.3 Å². The van der Waals surface area contributed by atoms with Crippen molar-refractivity contribution in [3.05, 3.63) is 71.8 Å². The Balaban J connectivity index is 2.39. The molecule has 0 nitrogen and oxygen atoms in total. The van der Waals surface area contributed by atoms with Crippen LogP contribution in [-0.4, -0.2) is 0 Å². The number of hydrogen-bond acceptors (Lipinski definition) is 0. The molecule has 0 heterocycles. The first kappa shape index (κ1) is 11.5. The van der Waals surface area contributed by atoms with Gasteiger partial charge in [0.1, 0.15) is 0 Å². The Labute approximate surface area is 103 Å². The highest BCUT2D eigenvalue weighted by molar-refractivity contribution is 5.39. The van der Waals surface area contributed by atoms with Crippen molar-refractivity contribution in [2.24, 2.45) is 0 Å². The second-order valence-corrected chi connectivity index (χ2v) is 3.93. The summed E-state index contributed by atoms with van der Waals surface area (Å²) >= 11 is 0. The minimum Gasteiger partial charge on any atom is -0.103 e. The Hall–Kier alpha value is -2.00. The fraction of sp³-hybridized carbons (Fsp3) is 0.176. The van der Waals surface area contributed by atoms with Crippen LogP contribution in [0.2, 0.25) is 0 Å². The predicted molar refractivity (Wildman–Crippen MR) is 72.8 cm³/mol. The third kappa shape index (κ3) is 2.98. The molecule has 0 aliphatic rings. The summed E-state index contributed by atoms with van der Waals surface area (Å²) < 4.78 is 0. The fourth-order valence-corrected chi connectivity index (χ4v) is 1.85. The van der Waals surface area contributed by atoms with E-state index in [4.69, 9.17) is 0 Å². The molecular formula is C17H16. The van der Waals surface area contributed by atoms with Gasteiger partial charge in [0, 0.05) is 6.42 Å². The molecule has 0 radical (unpaired) electrons. The van der Waals surface area contributed by atoms with Gasteiger partial charge in [-0.15, -0.1) is 5.92 Å². The highest BCUT2D eigenvalue weighted by atomic mass is 14.1. The lowest BCUT2D eigenvalue weighted by molar-refractivity contribution is 1.06. The number of benzene rings is 2. The zero-order chi connectivity index (χ0) is 11.9. The standard InChI is InChI=1S/C17H16/c1-2-3-14-17(15-10-6-4-7-11-15)16-12-8-5-9-13-16/h4-13,17H,2H2,1H3. The molecule has 0 spiro atoms. The third-order valence-corrected chi connectivity index (χ3v) is 2.69. The van der Waals surface area contributed by atoms with Gasteiger partial charge in [0.15, 0.2) is 0 Å². The van der Waals surface area contributed by atoms with E-state index in [0.717, 1.165) is 6.42 Å². The van der Waals surface area contributed by atoms with Gasteiger partial charge in [-0.25, -0.2) is 0 Å². The van der Waals surface area contributed by atoms with Crippen LogP contribution < -0.4 is 0 Å². The summed E-state index contributed by atoms with van der Waals surface area (Å²) in [5.41, 5.74) is 2.53. The molecule has 0 unspecified atom stereocenters. The maximum Gasteiger partial charge on any atom is 0.0702 e. The first-order valence-electron chi connectivity index (χ1n) is 6.00. The van der Waals surface area contributed by atoms with Gasteiger partial charge >= 0.3 is 0 Å². The zero-order valence-electron chi connectivity index (χ0n) is 10.1. The summed E-state index contributed by atoms with van der Waals surface area (Å²) in [6, 6.07) is 20.9. The average molecular weight is 220 g/mol. The van der Waals surface area contributed by atoms with Crippen molar-refractivity contribution in [1.29, 1.82) is 0 Å². The van der Waals surface area contributed by atoms with E-state index in [1.807, 2.05) is 12.1 Å². The molecule has 0 saturated carbocycles. The van der Waals surface area contributed by atoms with Gasteiger partial charge in [-0.3, -0.25) is 0 Å². The Morgan fingerprint density at radius 2 is 1.29 bits per heavy atom. The smallest absolute Gasteiger partial charge is 0.0702 e. The highest BCUT2D eigenvalue weighted by Gasteiger charge is 2.09. The molecule has 17 heavy (non-hydrogen) atoms. The molecule has 84 valence electrons. The molecule has 0 aromatic heterocycles. The van der Waals surface area contributed by atoms with Crippen molar-refractivity contribution >= 4 is 0 Å². The van der Waals surface area contributed by atoms with E-state index in [0.29, 0.717) is 0 Å². The van der Waals surface area contributed by atoms with Crippen molar-refractivity contribution < 1.29 is 0 Å². The van der Waals surface area contributed by atoms with Crippen LogP contribution in [0.5, 0.6) is 0 Å². The van der Waals surface area contributed by atoms with Crippen LogP contribution in [-0.2, 0) is 0 Å². The summed E-state index contributed by atoms with van der Waals surface area (Å²) in [6.07, 6.45) is 0.899. The van der Waals surface area contributed by atoms with Crippen LogP contribution in [0.25, 0.3) is 0 Å². The second-order valence-electron chi connectivity index (χ2n) is 3.93. The minimum atomic E-state index is 0.192. The van der Waals surface area contributed by atoms with E-state index in [-0.39, 0.29) is 5.92 Å². The van der Waals surface area contributed by atoms with Gasteiger partial charge in [-0.1, -0.05) is 73.5 Å². The second kappa shape index (κ2) is 5.92. The van der Waals surface area contributed by atoms with Gasteiger partial charge in [0.25, 0.3) is 0 Å². The SMILES string of the molecule is CCC#CC(c1ccccc1)c1ccccc1. The first-order valence-corrected chi connectivity index (χ1v) is 6.00. The summed E-state index contributed by atoms with van der Waals surface area (Å²) in [7, 11) is 0. The first-order chi connectivity index (χ1) is 8.42. The van der Waals surface area contributed by atoms with E-state index < -0.39 is 0 Å². The quantitative estimate of drug-likeness (QED) is 0.664. The minimum absolute atomic E-state index is 0.192. The van der Waals surface area contributed by atoms with E-state index in [1.54, 1.807) is 0 Å². The Bertz CT molecular complexity index is 460. The van der Waals surface area contributed by atoms with Gasteiger partial charge in [-0.2, -0.15) is 0 Å². The highest BCUT2D eigenvalue weighted by Crippen LogP contribution is 2.23. The molecule has 0 saturated heterocycles. The summed E-state index contributed by atoms with van der Waals surface area (Å²) in [5.74, 6) is 6.74. The Morgan fingerprint density at radius 3 is 1.71 bits per heavy atom. The van der Waals surface area contributed by atoms with Crippen LogP contribution in [0, 0.1) is 11.8 Å². The summed E-state index contributed by atoms with van der Waals surface area (Å²) in [6.45, 7) is 2.08. The average Bonchev–Trinajstić information content (AvgIpc) is 2.42. The molecule has 0 N–H and O–H groups in total. The van der Waals surface area contributed by atoms with Crippen LogP contribution in [0.15, 0.2) is 60.7 Å².